The third-order valence-corrected chi connectivity index (χ3v) is 6.42. The largest absolute Gasteiger partial charge is 0.466 e. The second-order valence-corrected chi connectivity index (χ2v) is 8.11. The van der Waals surface area contributed by atoms with Crippen molar-refractivity contribution >= 4 is 22.2 Å². The van der Waals surface area contributed by atoms with Gasteiger partial charge in [-0.25, -0.2) is 4.31 Å². The van der Waals surface area contributed by atoms with Crippen LogP contribution in [0.5, 0.6) is 5.75 Å². The summed E-state index contributed by atoms with van der Waals surface area (Å²) in [6.45, 7) is 4.36. The van der Waals surface area contributed by atoms with E-state index in [1.165, 1.54) is 0 Å². The Morgan fingerprint density at radius 3 is 2.54 bits per heavy atom. The van der Waals surface area contributed by atoms with Crippen molar-refractivity contribution in [3.8, 4) is 5.75 Å². The van der Waals surface area contributed by atoms with E-state index in [0.717, 1.165) is 11.3 Å². The van der Waals surface area contributed by atoms with Crippen LogP contribution in [0.1, 0.15) is 18.9 Å². The van der Waals surface area contributed by atoms with Crippen LogP contribution in [0, 0.1) is 12.8 Å². The van der Waals surface area contributed by atoms with E-state index in [9.17, 15) is 9.11 Å². The molecule has 2 aromatic carbocycles. The molecule has 5 nitrogen and oxygen atoms in total. The summed E-state index contributed by atoms with van der Waals surface area (Å²) in [7, 11) is -3.22. The summed E-state index contributed by atoms with van der Waals surface area (Å²) in [6, 6.07) is 15.2. The smallest absolute Gasteiger partial charge is 0.209 e. The summed E-state index contributed by atoms with van der Waals surface area (Å²) < 4.78 is 29.9. The van der Waals surface area contributed by atoms with Gasteiger partial charge in [0.05, 0.1) is 5.69 Å². The van der Waals surface area contributed by atoms with Gasteiger partial charge in [0.2, 0.25) is 5.44 Å². The van der Waals surface area contributed by atoms with E-state index in [2.05, 4.69) is 0 Å². The highest BCUT2D eigenvalue weighted by atomic mass is 32.3. The van der Waals surface area contributed by atoms with Crippen LogP contribution in [0.25, 0.3) is 0 Å². The van der Waals surface area contributed by atoms with E-state index in [4.69, 9.17) is 10.5 Å². The first-order chi connectivity index (χ1) is 11.5. The molecule has 130 valence electrons. The third-order valence-electron chi connectivity index (χ3n) is 4.30. The Hall–Kier alpha value is -1.73. The Kier molecular flexibility index (Phi) is 4.73. The molecule has 1 heterocycles. The van der Waals surface area contributed by atoms with E-state index >= 15 is 0 Å². The zero-order valence-electron chi connectivity index (χ0n) is 13.9. The van der Waals surface area contributed by atoms with Gasteiger partial charge in [-0.15, -0.1) is 0 Å². The fourth-order valence-corrected chi connectivity index (χ4v) is 5.22. The van der Waals surface area contributed by atoms with Crippen molar-refractivity contribution in [2.45, 2.75) is 25.7 Å². The first-order valence-electron chi connectivity index (χ1n) is 8.05. The van der Waals surface area contributed by atoms with Crippen molar-refractivity contribution < 1.29 is 13.8 Å². The minimum absolute atomic E-state index is 0.0834. The first kappa shape index (κ1) is 17.1. The highest BCUT2D eigenvalue weighted by Gasteiger charge is 2.44. The quantitative estimate of drug-likeness (QED) is 0.758. The van der Waals surface area contributed by atoms with Gasteiger partial charge in [0.25, 0.3) is 0 Å². The molecule has 6 heteroatoms. The minimum Gasteiger partial charge on any atom is -0.466 e. The summed E-state index contributed by atoms with van der Waals surface area (Å²) in [5, 5.41) is 0. The molecule has 0 aliphatic carbocycles. The predicted octanol–water partition coefficient (Wildman–Crippen LogP) is 4.50. The average molecular weight is 348 g/mol. The number of fused-ring (bicyclic) bond motifs is 1. The van der Waals surface area contributed by atoms with E-state index in [1.807, 2.05) is 62.4 Å². The fourth-order valence-electron chi connectivity index (χ4n) is 3.09. The Balaban J connectivity index is 2.16. The monoisotopic (exact) mass is 348 g/mol. The standard InChI is InChI=1S/C18H24N2O3S/c1-13-7-6-10-16-17(13)20(15-8-4-3-5-9-15)24(21,22)18(23-16)14(2)11-12-19/h3-10,14,18,21-22H,11-12,19H2,1-2H3. The topological polar surface area (TPSA) is 79.0 Å². The van der Waals surface area contributed by atoms with Crippen LogP contribution in [0.4, 0.5) is 11.4 Å². The summed E-state index contributed by atoms with van der Waals surface area (Å²) in [4.78, 5) is 0. The van der Waals surface area contributed by atoms with Gasteiger partial charge in [-0.1, -0.05) is 48.0 Å². The van der Waals surface area contributed by atoms with Gasteiger partial charge < -0.3 is 10.5 Å². The summed E-state index contributed by atoms with van der Waals surface area (Å²) in [6.07, 6.45) is 0.657. The summed E-state index contributed by atoms with van der Waals surface area (Å²) >= 11 is 0. The van der Waals surface area contributed by atoms with Gasteiger partial charge in [0, 0.05) is 5.92 Å². The fraction of sp³-hybridized carbons (Fsp3) is 0.333. The second kappa shape index (κ2) is 6.64. The van der Waals surface area contributed by atoms with Gasteiger partial charge in [0.15, 0.2) is 0 Å². The lowest BCUT2D eigenvalue weighted by atomic mass is 10.1. The Morgan fingerprint density at radius 1 is 1.17 bits per heavy atom. The molecular weight excluding hydrogens is 324 g/mol. The molecule has 0 bridgehead atoms. The molecule has 0 saturated carbocycles. The number of aryl methyl sites for hydroxylation is 1. The maximum Gasteiger partial charge on any atom is 0.209 e. The molecule has 0 fully saturated rings. The SMILES string of the molecule is Cc1cccc2c1N(c1ccccc1)S(O)(O)C(C(C)CCN)O2. The molecule has 0 amide bonds. The molecule has 2 atom stereocenters. The highest BCUT2D eigenvalue weighted by Crippen LogP contribution is 2.63. The molecule has 1 aliphatic heterocycles. The predicted molar refractivity (Wildman–Crippen MR) is 99.9 cm³/mol. The van der Waals surface area contributed by atoms with E-state index in [0.29, 0.717) is 24.4 Å². The third kappa shape index (κ3) is 2.86. The lowest BCUT2D eigenvalue weighted by Gasteiger charge is -2.53. The average Bonchev–Trinajstić information content (AvgIpc) is 2.55. The zero-order valence-corrected chi connectivity index (χ0v) is 14.7. The Labute approximate surface area is 144 Å². The van der Waals surface area contributed by atoms with Crippen LogP contribution >= 0.6 is 10.8 Å². The molecule has 24 heavy (non-hydrogen) atoms. The molecule has 2 unspecified atom stereocenters. The van der Waals surface area contributed by atoms with Crippen LogP contribution < -0.4 is 14.8 Å². The van der Waals surface area contributed by atoms with Crippen LogP contribution in [0.2, 0.25) is 0 Å². The second-order valence-electron chi connectivity index (χ2n) is 6.15. The van der Waals surface area contributed by atoms with Crippen molar-refractivity contribution in [2.24, 2.45) is 11.7 Å². The molecule has 3 rings (SSSR count). The van der Waals surface area contributed by atoms with Crippen LogP contribution in [0.3, 0.4) is 0 Å². The number of nitrogens with two attached hydrogens (primary N) is 1. The van der Waals surface area contributed by atoms with Crippen molar-refractivity contribution in [1.29, 1.82) is 0 Å². The normalized spacial score (nSPS) is 21.5. The van der Waals surface area contributed by atoms with Crippen molar-refractivity contribution in [3.05, 3.63) is 54.1 Å². The number of anilines is 2. The summed E-state index contributed by atoms with van der Waals surface area (Å²) in [5.74, 6) is 0.582. The van der Waals surface area contributed by atoms with Crippen LogP contribution in [0.15, 0.2) is 48.5 Å². The number of para-hydroxylation sites is 2. The molecule has 0 aromatic heterocycles. The molecule has 4 N–H and O–H groups in total. The molecule has 0 saturated heterocycles. The van der Waals surface area contributed by atoms with Crippen molar-refractivity contribution in [3.63, 3.8) is 0 Å². The van der Waals surface area contributed by atoms with Gasteiger partial charge in [0.1, 0.15) is 11.4 Å². The van der Waals surface area contributed by atoms with E-state index in [-0.39, 0.29) is 5.92 Å². The Bertz CT molecular complexity index is 709. The zero-order chi connectivity index (χ0) is 17.3. The number of rotatable bonds is 4. The summed E-state index contributed by atoms with van der Waals surface area (Å²) in [5.41, 5.74) is 7.32. The molecule has 0 radical (unpaired) electrons. The van der Waals surface area contributed by atoms with Crippen LogP contribution in [-0.2, 0) is 0 Å². The molecule has 0 spiro atoms. The van der Waals surface area contributed by atoms with E-state index < -0.39 is 16.2 Å². The number of ether oxygens (including phenoxy) is 1. The lowest BCUT2D eigenvalue weighted by Crippen LogP contribution is -2.43. The van der Waals surface area contributed by atoms with Crippen LogP contribution in [-0.4, -0.2) is 21.1 Å². The highest BCUT2D eigenvalue weighted by molar-refractivity contribution is 8.26. The number of benzene rings is 2. The van der Waals surface area contributed by atoms with Crippen molar-refractivity contribution in [2.75, 3.05) is 10.8 Å². The Morgan fingerprint density at radius 2 is 1.88 bits per heavy atom. The van der Waals surface area contributed by atoms with E-state index in [1.54, 1.807) is 4.31 Å². The van der Waals surface area contributed by atoms with Gasteiger partial charge in [-0.05, 0) is 43.7 Å². The molecule has 1 aliphatic rings. The first-order valence-corrected chi connectivity index (χ1v) is 9.62. The minimum atomic E-state index is -3.22. The molecule has 2 aromatic rings. The van der Waals surface area contributed by atoms with Gasteiger partial charge in [-0.2, -0.15) is 0 Å². The maximum absolute atomic E-state index is 11.1. The lowest BCUT2D eigenvalue weighted by molar-refractivity contribution is 0.189. The number of hydrogen-bond acceptors (Lipinski definition) is 5. The van der Waals surface area contributed by atoms with Gasteiger partial charge >= 0.3 is 0 Å². The maximum atomic E-state index is 11.1. The van der Waals surface area contributed by atoms with Gasteiger partial charge in [-0.3, -0.25) is 9.11 Å². The van der Waals surface area contributed by atoms with Crippen molar-refractivity contribution in [1.82, 2.24) is 0 Å². The number of nitrogens with zero attached hydrogens (tertiary/aromatic N) is 1. The molecular formula is C18H24N2O3S. The number of hydrogen-bond donors (Lipinski definition) is 3.